The summed E-state index contributed by atoms with van der Waals surface area (Å²) in [6, 6.07) is 0.809. The van der Waals surface area contributed by atoms with E-state index in [4.69, 9.17) is 5.73 Å². The zero-order valence-corrected chi connectivity index (χ0v) is 12.6. The fourth-order valence-corrected chi connectivity index (χ4v) is 3.64. The number of nitrogen functional groups attached to an aromatic ring is 1. The van der Waals surface area contributed by atoms with Gasteiger partial charge in [0.05, 0.1) is 0 Å². The molecule has 2 aliphatic carbocycles. The summed E-state index contributed by atoms with van der Waals surface area (Å²) in [6.45, 7) is 2.25. The van der Waals surface area contributed by atoms with Crippen molar-refractivity contribution in [2.45, 2.75) is 57.5 Å². The Morgan fingerprint density at radius 3 is 2.80 bits per heavy atom. The molecule has 5 nitrogen and oxygen atoms in total. The Morgan fingerprint density at radius 1 is 1.30 bits per heavy atom. The van der Waals surface area contributed by atoms with E-state index < -0.39 is 0 Å². The molecule has 110 valence electrons. The Morgan fingerprint density at radius 2 is 2.10 bits per heavy atom. The first-order valence-electron chi connectivity index (χ1n) is 7.45. The first kappa shape index (κ1) is 13.7. The Kier molecular flexibility index (Phi) is 3.83. The lowest BCUT2D eigenvalue weighted by molar-refractivity contribution is 0.0926. The fourth-order valence-electron chi connectivity index (χ4n) is 2.77. The predicted octanol–water partition coefficient (Wildman–Crippen LogP) is 2.61. The van der Waals surface area contributed by atoms with Crippen molar-refractivity contribution in [2.24, 2.45) is 5.92 Å². The van der Waals surface area contributed by atoms with Crippen LogP contribution in [0, 0.1) is 5.92 Å². The molecule has 20 heavy (non-hydrogen) atoms. The van der Waals surface area contributed by atoms with Gasteiger partial charge in [0.1, 0.15) is 10.7 Å². The summed E-state index contributed by atoms with van der Waals surface area (Å²) in [5.74, 6) is 0.974. The van der Waals surface area contributed by atoms with Gasteiger partial charge in [0.25, 0.3) is 5.91 Å². The molecule has 1 aromatic heterocycles. The molecule has 0 aliphatic heterocycles. The van der Waals surface area contributed by atoms with Crippen LogP contribution in [0.1, 0.15) is 55.1 Å². The highest BCUT2D eigenvalue weighted by molar-refractivity contribution is 7.18. The quantitative estimate of drug-likeness (QED) is 0.797. The third-order valence-corrected chi connectivity index (χ3v) is 5.04. The maximum Gasteiger partial charge on any atom is 0.265 e. The number of nitrogens with zero attached hydrogens (tertiary/aromatic N) is 1. The molecule has 2 fully saturated rings. The van der Waals surface area contributed by atoms with Crippen LogP contribution in [0.2, 0.25) is 0 Å². The fraction of sp³-hybridized carbons (Fsp3) is 0.714. The highest BCUT2D eigenvalue weighted by Gasteiger charge is 2.26. The van der Waals surface area contributed by atoms with Gasteiger partial charge in [0, 0.05) is 12.1 Å². The highest BCUT2D eigenvalue weighted by atomic mass is 32.1. The zero-order chi connectivity index (χ0) is 14.1. The lowest BCUT2D eigenvalue weighted by Gasteiger charge is -2.27. The maximum atomic E-state index is 12.3. The number of anilines is 2. The van der Waals surface area contributed by atoms with Crippen LogP contribution in [0.3, 0.4) is 0 Å². The summed E-state index contributed by atoms with van der Waals surface area (Å²) >= 11 is 1.37. The number of nitrogens with one attached hydrogen (secondary N) is 2. The van der Waals surface area contributed by atoms with Crippen molar-refractivity contribution in [3.8, 4) is 0 Å². The lowest BCUT2D eigenvalue weighted by atomic mass is 9.87. The average molecular weight is 294 g/mol. The van der Waals surface area contributed by atoms with Crippen LogP contribution in [-0.4, -0.2) is 23.0 Å². The summed E-state index contributed by atoms with van der Waals surface area (Å²) in [4.78, 5) is 17.1. The summed E-state index contributed by atoms with van der Waals surface area (Å²) in [5.41, 5.74) is 5.87. The number of aromatic nitrogens is 1. The van der Waals surface area contributed by atoms with Crippen LogP contribution < -0.4 is 16.4 Å². The molecule has 0 bridgehead atoms. The highest BCUT2D eigenvalue weighted by Crippen LogP contribution is 2.31. The number of hydrogen-bond donors (Lipinski definition) is 3. The molecule has 1 heterocycles. The second-order valence-corrected chi connectivity index (χ2v) is 7.09. The average Bonchev–Trinajstić information content (AvgIpc) is 3.11. The first-order chi connectivity index (χ1) is 9.61. The molecule has 2 atom stereocenters. The number of nitrogens with two attached hydrogens (primary N) is 1. The van der Waals surface area contributed by atoms with Crippen LogP contribution in [0.4, 0.5) is 10.9 Å². The molecule has 1 aromatic rings. The van der Waals surface area contributed by atoms with Crippen LogP contribution in [0.25, 0.3) is 0 Å². The zero-order valence-electron chi connectivity index (χ0n) is 11.8. The Bertz CT molecular complexity index is 497. The van der Waals surface area contributed by atoms with E-state index in [0.29, 0.717) is 22.7 Å². The predicted molar refractivity (Wildman–Crippen MR) is 82.1 cm³/mol. The summed E-state index contributed by atoms with van der Waals surface area (Å²) in [6.07, 6.45) is 6.96. The lowest BCUT2D eigenvalue weighted by Crippen LogP contribution is -2.37. The number of amides is 1. The first-order valence-corrected chi connectivity index (χ1v) is 8.27. The van der Waals surface area contributed by atoms with E-state index in [0.717, 1.165) is 18.0 Å². The largest absolute Gasteiger partial charge is 0.382 e. The Balaban J connectivity index is 1.62. The maximum absolute atomic E-state index is 12.3. The molecular formula is C14H22N4OS. The minimum atomic E-state index is -0.0667. The topological polar surface area (TPSA) is 80.0 Å². The van der Waals surface area contributed by atoms with Gasteiger partial charge in [-0.1, -0.05) is 31.1 Å². The molecule has 1 amide bonds. The summed E-state index contributed by atoms with van der Waals surface area (Å²) in [7, 11) is 0. The van der Waals surface area contributed by atoms with Crippen LogP contribution in [-0.2, 0) is 0 Å². The van der Waals surface area contributed by atoms with Crippen LogP contribution in [0.15, 0.2) is 0 Å². The van der Waals surface area contributed by atoms with Gasteiger partial charge in [-0.2, -0.15) is 0 Å². The van der Waals surface area contributed by atoms with Crippen LogP contribution in [0.5, 0.6) is 0 Å². The normalized spacial score (nSPS) is 26.2. The van der Waals surface area contributed by atoms with E-state index in [1.165, 1.54) is 37.0 Å². The van der Waals surface area contributed by atoms with Gasteiger partial charge in [-0.3, -0.25) is 4.79 Å². The molecular weight excluding hydrogens is 272 g/mol. The van der Waals surface area contributed by atoms with Gasteiger partial charge >= 0.3 is 0 Å². The van der Waals surface area contributed by atoms with Crippen molar-refractivity contribution >= 4 is 28.2 Å². The third kappa shape index (κ3) is 3.23. The molecule has 0 radical (unpaired) electrons. The van der Waals surface area contributed by atoms with Crippen molar-refractivity contribution in [1.29, 1.82) is 0 Å². The number of rotatable bonds is 4. The monoisotopic (exact) mass is 294 g/mol. The van der Waals surface area contributed by atoms with E-state index in [9.17, 15) is 4.79 Å². The molecule has 2 unspecified atom stereocenters. The van der Waals surface area contributed by atoms with Gasteiger partial charge in [0.15, 0.2) is 5.13 Å². The van der Waals surface area contributed by atoms with E-state index >= 15 is 0 Å². The molecule has 0 aromatic carbocycles. The molecule has 2 saturated carbocycles. The van der Waals surface area contributed by atoms with Crippen molar-refractivity contribution in [3.63, 3.8) is 0 Å². The second-order valence-electron chi connectivity index (χ2n) is 6.09. The van der Waals surface area contributed by atoms with Gasteiger partial charge in [0.2, 0.25) is 0 Å². The number of carbonyl (C=O) groups is 1. The molecule has 0 spiro atoms. The smallest absolute Gasteiger partial charge is 0.265 e. The summed E-state index contributed by atoms with van der Waals surface area (Å²) < 4.78 is 0. The second kappa shape index (κ2) is 5.60. The van der Waals surface area contributed by atoms with E-state index in [2.05, 4.69) is 22.5 Å². The molecule has 3 rings (SSSR count). The molecule has 0 saturated heterocycles. The SMILES string of the molecule is CC1CCCC(NC(=O)c2sc(NC3CC3)nc2N)C1. The van der Waals surface area contributed by atoms with E-state index in [1.807, 2.05) is 0 Å². The van der Waals surface area contributed by atoms with Gasteiger partial charge in [-0.25, -0.2) is 4.98 Å². The van der Waals surface area contributed by atoms with Crippen LogP contribution >= 0.6 is 11.3 Å². The minimum Gasteiger partial charge on any atom is -0.382 e. The van der Waals surface area contributed by atoms with Gasteiger partial charge in [-0.05, 0) is 31.6 Å². The van der Waals surface area contributed by atoms with E-state index in [1.54, 1.807) is 0 Å². The van der Waals surface area contributed by atoms with Gasteiger partial charge in [-0.15, -0.1) is 0 Å². The third-order valence-electron chi connectivity index (χ3n) is 4.04. The van der Waals surface area contributed by atoms with E-state index in [-0.39, 0.29) is 11.9 Å². The van der Waals surface area contributed by atoms with Crippen molar-refractivity contribution in [1.82, 2.24) is 10.3 Å². The number of thiazole rings is 1. The van der Waals surface area contributed by atoms with Crippen molar-refractivity contribution < 1.29 is 4.79 Å². The van der Waals surface area contributed by atoms with Gasteiger partial charge < -0.3 is 16.4 Å². The minimum absolute atomic E-state index is 0.0667. The molecule has 2 aliphatic rings. The van der Waals surface area contributed by atoms with Crippen molar-refractivity contribution in [2.75, 3.05) is 11.1 Å². The molecule has 6 heteroatoms. The molecule has 4 N–H and O–H groups in total. The number of carbonyl (C=O) groups excluding carboxylic acids is 1. The standard InChI is InChI=1S/C14H22N4OS/c1-8-3-2-4-10(7-8)16-13(19)11-12(15)18-14(20-11)17-9-5-6-9/h8-10H,2-7,15H2,1H3,(H,16,19)(H,17,18). The summed E-state index contributed by atoms with van der Waals surface area (Å²) in [5, 5.41) is 7.17. The van der Waals surface area contributed by atoms with Crippen molar-refractivity contribution in [3.05, 3.63) is 4.88 Å². The number of hydrogen-bond acceptors (Lipinski definition) is 5. The Hall–Kier alpha value is -1.30. The Labute approximate surface area is 123 Å².